The topological polar surface area (TPSA) is 3.24 Å². The molecule has 1 fully saturated rings. The summed E-state index contributed by atoms with van der Waals surface area (Å²) < 4.78 is 16.1. The van der Waals surface area contributed by atoms with Gasteiger partial charge in [-0.25, -0.2) is 8.70 Å². The Morgan fingerprint density at radius 2 is 1.93 bits per heavy atom. The Morgan fingerprint density at radius 1 is 1.21 bits per heavy atom. The monoisotopic (exact) mass is 275 g/mol. The molecule has 1 aromatic rings. The molecule has 0 aromatic heterocycles. The van der Waals surface area contributed by atoms with Crippen molar-refractivity contribution in [1.82, 2.24) is 4.31 Å². The molecule has 0 unspecified atom stereocenters. The lowest BCUT2D eigenvalue weighted by molar-refractivity contribution is 0.584. The Morgan fingerprint density at radius 3 is 2.57 bits per heavy atom. The van der Waals surface area contributed by atoms with Crippen molar-refractivity contribution in [3.05, 3.63) is 28.5 Å². The molecule has 76 valence electrons. The van der Waals surface area contributed by atoms with Crippen molar-refractivity contribution in [3.8, 4) is 0 Å². The van der Waals surface area contributed by atoms with Gasteiger partial charge in [-0.3, -0.25) is 0 Å². The minimum absolute atomic E-state index is 0.180. The van der Waals surface area contributed by atoms with E-state index in [0.717, 1.165) is 22.5 Å². The van der Waals surface area contributed by atoms with Gasteiger partial charge in [-0.05, 0) is 43.0 Å². The number of halogens is 2. The van der Waals surface area contributed by atoms with Crippen molar-refractivity contribution in [2.24, 2.45) is 0 Å². The van der Waals surface area contributed by atoms with Crippen LogP contribution in [0.2, 0.25) is 0 Å². The fraction of sp³-hybridized carbons (Fsp3) is 0.400. The average molecular weight is 276 g/mol. The molecule has 0 amide bonds. The van der Waals surface area contributed by atoms with Gasteiger partial charge in [0, 0.05) is 22.5 Å². The number of hydrogen-bond acceptors (Lipinski definition) is 2. The maximum absolute atomic E-state index is 13.0. The van der Waals surface area contributed by atoms with Crippen LogP contribution in [-0.4, -0.2) is 17.4 Å². The Kier molecular flexibility index (Phi) is 3.47. The van der Waals surface area contributed by atoms with E-state index in [4.69, 9.17) is 0 Å². The first-order valence-corrected chi connectivity index (χ1v) is 6.20. The van der Waals surface area contributed by atoms with Crippen LogP contribution in [0.15, 0.2) is 27.6 Å². The first-order valence-electron chi connectivity index (χ1n) is 4.63. The molecule has 14 heavy (non-hydrogen) atoms. The van der Waals surface area contributed by atoms with E-state index in [9.17, 15) is 4.39 Å². The molecule has 1 heterocycles. The van der Waals surface area contributed by atoms with Gasteiger partial charge < -0.3 is 0 Å². The molecule has 0 atom stereocenters. The zero-order chi connectivity index (χ0) is 9.97. The van der Waals surface area contributed by atoms with Crippen LogP contribution in [0.25, 0.3) is 0 Å². The molecule has 0 saturated carbocycles. The van der Waals surface area contributed by atoms with Crippen LogP contribution in [0.5, 0.6) is 0 Å². The average Bonchev–Trinajstić information content (AvgIpc) is 2.54. The minimum Gasteiger partial charge on any atom is -0.246 e. The predicted molar refractivity (Wildman–Crippen MR) is 60.8 cm³/mol. The minimum atomic E-state index is -0.180. The molecular formula is C10H11BrFNS. The van der Waals surface area contributed by atoms with Crippen molar-refractivity contribution in [2.75, 3.05) is 13.1 Å². The molecule has 0 bridgehead atoms. The molecule has 0 spiro atoms. The van der Waals surface area contributed by atoms with Gasteiger partial charge in [-0.2, -0.15) is 0 Å². The highest BCUT2D eigenvalue weighted by Crippen LogP contribution is 2.29. The Bertz CT molecular complexity index is 306. The van der Waals surface area contributed by atoms with Crippen LogP contribution in [0.3, 0.4) is 0 Å². The molecule has 2 rings (SSSR count). The maximum atomic E-state index is 13.0. The predicted octanol–water partition coefficient (Wildman–Crippen LogP) is 3.69. The van der Waals surface area contributed by atoms with E-state index < -0.39 is 0 Å². The third-order valence-corrected chi connectivity index (χ3v) is 3.66. The zero-order valence-electron chi connectivity index (χ0n) is 7.67. The molecule has 1 aliphatic rings. The lowest BCUT2D eigenvalue weighted by Gasteiger charge is -2.13. The largest absolute Gasteiger partial charge is 0.246 e. The summed E-state index contributed by atoms with van der Waals surface area (Å²) in [7, 11) is 0. The van der Waals surface area contributed by atoms with Crippen molar-refractivity contribution >= 4 is 27.9 Å². The van der Waals surface area contributed by atoms with E-state index in [2.05, 4.69) is 20.2 Å². The van der Waals surface area contributed by atoms with Gasteiger partial charge in [0.2, 0.25) is 0 Å². The molecular weight excluding hydrogens is 265 g/mol. The summed E-state index contributed by atoms with van der Waals surface area (Å²) in [6.45, 7) is 2.22. The molecule has 1 nitrogen and oxygen atoms in total. The summed E-state index contributed by atoms with van der Waals surface area (Å²) in [5.41, 5.74) is 0. The van der Waals surface area contributed by atoms with E-state index in [1.54, 1.807) is 18.0 Å². The smallest absolute Gasteiger partial charge is 0.125 e. The summed E-state index contributed by atoms with van der Waals surface area (Å²) in [4.78, 5) is 0.971. The second kappa shape index (κ2) is 4.64. The molecule has 1 saturated heterocycles. The van der Waals surface area contributed by atoms with Gasteiger partial charge in [0.25, 0.3) is 0 Å². The second-order valence-electron chi connectivity index (χ2n) is 3.33. The van der Waals surface area contributed by atoms with Gasteiger partial charge in [0.1, 0.15) is 5.82 Å². The summed E-state index contributed by atoms with van der Waals surface area (Å²) in [5.74, 6) is -0.180. The Labute approximate surface area is 95.9 Å². The third kappa shape index (κ3) is 2.72. The Hall–Kier alpha value is -0.0600. The van der Waals surface area contributed by atoms with Gasteiger partial charge in [-0.1, -0.05) is 15.9 Å². The van der Waals surface area contributed by atoms with Crippen molar-refractivity contribution in [3.63, 3.8) is 0 Å². The summed E-state index contributed by atoms with van der Waals surface area (Å²) in [6, 6.07) is 5.01. The van der Waals surface area contributed by atoms with Crippen LogP contribution in [0.4, 0.5) is 4.39 Å². The first kappa shape index (κ1) is 10.5. The van der Waals surface area contributed by atoms with Gasteiger partial charge in [-0.15, -0.1) is 0 Å². The van der Waals surface area contributed by atoms with Crippen LogP contribution in [-0.2, 0) is 0 Å². The number of nitrogens with zero attached hydrogens (tertiary/aromatic N) is 1. The molecule has 4 heteroatoms. The number of rotatable bonds is 2. The fourth-order valence-electron chi connectivity index (χ4n) is 1.51. The molecule has 1 aromatic carbocycles. The molecule has 1 aliphatic heterocycles. The van der Waals surface area contributed by atoms with Crippen LogP contribution in [0, 0.1) is 5.82 Å². The normalized spacial score (nSPS) is 17.6. The highest BCUT2D eigenvalue weighted by atomic mass is 79.9. The highest BCUT2D eigenvalue weighted by molar-refractivity contribution is 9.10. The highest BCUT2D eigenvalue weighted by Gasteiger charge is 2.13. The van der Waals surface area contributed by atoms with Crippen LogP contribution >= 0.6 is 27.9 Å². The molecule has 0 aliphatic carbocycles. The van der Waals surface area contributed by atoms with E-state index in [-0.39, 0.29) is 5.82 Å². The zero-order valence-corrected chi connectivity index (χ0v) is 10.1. The quantitative estimate of drug-likeness (QED) is 0.758. The molecule has 0 N–H and O–H groups in total. The Balaban J connectivity index is 2.07. The van der Waals surface area contributed by atoms with Crippen molar-refractivity contribution in [2.45, 2.75) is 17.7 Å². The fourth-order valence-corrected chi connectivity index (χ4v) is 3.21. The number of hydrogen-bond donors (Lipinski definition) is 0. The lowest BCUT2D eigenvalue weighted by atomic mass is 10.3. The van der Waals surface area contributed by atoms with Crippen LogP contribution in [0.1, 0.15) is 12.8 Å². The van der Waals surface area contributed by atoms with Crippen molar-refractivity contribution in [1.29, 1.82) is 0 Å². The van der Waals surface area contributed by atoms with E-state index in [1.165, 1.54) is 18.9 Å². The van der Waals surface area contributed by atoms with Crippen molar-refractivity contribution < 1.29 is 4.39 Å². The maximum Gasteiger partial charge on any atom is 0.125 e. The first-order chi connectivity index (χ1) is 6.74. The van der Waals surface area contributed by atoms with Gasteiger partial charge in [0.05, 0.1) is 0 Å². The summed E-state index contributed by atoms with van der Waals surface area (Å²) >= 11 is 4.93. The van der Waals surface area contributed by atoms with E-state index in [0.29, 0.717) is 0 Å². The third-order valence-electron chi connectivity index (χ3n) is 2.14. The summed E-state index contributed by atoms with van der Waals surface area (Å²) in [5, 5.41) is 0. The van der Waals surface area contributed by atoms with Gasteiger partial charge in [0.15, 0.2) is 0 Å². The number of benzene rings is 1. The van der Waals surface area contributed by atoms with Crippen LogP contribution < -0.4 is 0 Å². The van der Waals surface area contributed by atoms with Gasteiger partial charge >= 0.3 is 0 Å². The lowest BCUT2D eigenvalue weighted by Crippen LogP contribution is -2.08. The SMILES string of the molecule is Fc1cc(Br)cc(SN2CCCC2)c1. The molecule has 0 radical (unpaired) electrons. The van der Waals surface area contributed by atoms with E-state index >= 15 is 0 Å². The second-order valence-corrected chi connectivity index (χ2v) is 5.42. The van der Waals surface area contributed by atoms with E-state index in [1.807, 2.05) is 6.07 Å². The standard InChI is InChI=1S/C10H11BrFNS/c11-8-5-9(12)7-10(6-8)14-13-3-1-2-4-13/h5-7H,1-4H2. The summed E-state index contributed by atoms with van der Waals surface area (Å²) in [6.07, 6.45) is 2.51.